The Kier molecular flexibility index (Phi) is 17.0. The Balaban J connectivity index is 1.50. The summed E-state index contributed by atoms with van der Waals surface area (Å²) in [5.41, 5.74) is 4.69. The quantitative estimate of drug-likeness (QED) is 0.0544. The summed E-state index contributed by atoms with van der Waals surface area (Å²) in [5, 5.41) is 0.725. The lowest BCUT2D eigenvalue weighted by Crippen LogP contribution is -2.25. The third kappa shape index (κ3) is 12.3. The van der Waals surface area contributed by atoms with Crippen molar-refractivity contribution < 1.29 is 18.9 Å². The van der Waals surface area contributed by atoms with E-state index < -0.39 is 0 Å². The lowest BCUT2D eigenvalue weighted by molar-refractivity contribution is 0.243. The van der Waals surface area contributed by atoms with Crippen molar-refractivity contribution in [2.75, 3.05) is 59.1 Å². The number of aryl methyl sites for hydroxylation is 1. The number of aromatic nitrogens is 3. The van der Waals surface area contributed by atoms with Gasteiger partial charge in [0.1, 0.15) is 35.2 Å². The van der Waals surface area contributed by atoms with Crippen LogP contribution in [0.3, 0.4) is 0 Å². The van der Waals surface area contributed by atoms with E-state index in [1.165, 1.54) is 0 Å². The van der Waals surface area contributed by atoms with Crippen LogP contribution in [-0.2, 0) is 19.6 Å². The fraction of sp³-hybridized carbons (Fsp3) is 0.467. The highest BCUT2D eigenvalue weighted by molar-refractivity contribution is 6.30. The van der Waals surface area contributed by atoms with Crippen molar-refractivity contribution in [3.05, 3.63) is 95.3 Å². The summed E-state index contributed by atoms with van der Waals surface area (Å²) >= 11 is 6.10. The summed E-state index contributed by atoms with van der Waals surface area (Å²) in [6.07, 6.45) is 6.44. The van der Waals surface area contributed by atoms with Crippen LogP contribution in [-0.4, -0.2) is 83.4 Å². The molecule has 0 aliphatic heterocycles. The van der Waals surface area contributed by atoms with Gasteiger partial charge in [-0.15, -0.1) is 0 Å². The van der Waals surface area contributed by atoms with Gasteiger partial charge in [0.15, 0.2) is 5.75 Å². The molecule has 0 fully saturated rings. The molecule has 2 aromatic heterocycles. The van der Waals surface area contributed by atoms with Gasteiger partial charge in [0.2, 0.25) is 0 Å². The van der Waals surface area contributed by atoms with Crippen molar-refractivity contribution >= 4 is 22.6 Å². The average molecular weight is 770 g/mol. The zero-order valence-corrected chi connectivity index (χ0v) is 34.3. The first-order valence-electron chi connectivity index (χ1n) is 20.2. The second-order valence-corrected chi connectivity index (χ2v) is 14.1. The highest BCUT2D eigenvalue weighted by atomic mass is 35.5. The van der Waals surface area contributed by atoms with E-state index in [1.807, 2.05) is 60.7 Å². The normalized spacial score (nSPS) is 11.5. The summed E-state index contributed by atoms with van der Waals surface area (Å²) in [4.78, 5) is 14.7. The van der Waals surface area contributed by atoms with Crippen LogP contribution in [0.5, 0.6) is 23.0 Å². The highest BCUT2D eigenvalue weighted by Crippen LogP contribution is 2.39. The van der Waals surface area contributed by atoms with Crippen molar-refractivity contribution in [3.63, 3.8) is 0 Å². The standard InChI is InChI=1S/C45H60ClN5O4/c1-6-11-27-51-41-31-39(52-28-14-25-49(7-2)8-3)33-43(54-29-15-26-50(9-4)10-5)44(41)48-45(51)40-22-21-38(53-30-23-35-17-19-36(46)20-18-35)32-42(40)55-34-37-16-12-13-24-47-37/h12-13,16-22,24,31-33H,6-11,14-15,23,25-30,34H2,1-5H3. The number of rotatable bonds is 25. The van der Waals surface area contributed by atoms with Crippen LogP contribution in [0, 0.1) is 0 Å². The monoisotopic (exact) mass is 769 g/mol. The fourth-order valence-electron chi connectivity index (χ4n) is 6.61. The highest BCUT2D eigenvalue weighted by Gasteiger charge is 2.22. The molecule has 55 heavy (non-hydrogen) atoms. The number of imidazole rings is 1. The SMILES string of the molecule is CCCCn1c(-c2ccc(OCCc3ccc(Cl)cc3)cc2OCc2ccccn2)nc2c(OCCCN(CC)CC)cc(OCCCN(CC)CC)cc21. The molecule has 0 bridgehead atoms. The predicted molar refractivity (Wildman–Crippen MR) is 225 cm³/mol. The van der Waals surface area contributed by atoms with Crippen molar-refractivity contribution in [1.82, 2.24) is 24.3 Å². The van der Waals surface area contributed by atoms with Crippen LogP contribution in [0.4, 0.5) is 0 Å². The molecule has 0 unspecified atom stereocenters. The molecule has 0 atom stereocenters. The Morgan fingerprint density at radius 1 is 0.673 bits per heavy atom. The van der Waals surface area contributed by atoms with Gasteiger partial charge in [0, 0.05) is 55.5 Å². The number of ether oxygens (including phenoxy) is 4. The van der Waals surface area contributed by atoms with Gasteiger partial charge >= 0.3 is 0 Å². The third-order valence-electron chi connectivity index (χ3n) is 9.95. The minimum atomic E-state index is 0.309. The molecule has 0 saturated carbocycles. The number of fused-ring (bicyclic) bond motifs is 1. The largest absolute Gasteiger partial charge is 0.493 e. The van der Waals surface area contributed by atoms with E-state index in [4.69, 9.17) is 35.5 Å². The Labute approximate surface area is 333 Å². The van der Waals surface area contributed by atoms with Gasteiger partial charge in [0.05, 0.1) is 36.6 Å². The van der Waals surface area contributed by atoms with E-state index in [2.05, 4.69) is 66.1 Å². The third-order valence-corrected chi connectivity index (χ3v) is 10.2. The molecule has 0 aliphatic carbocycles. The summed E-state index contributed by atoms with van der Waals surface area (Å²) in [7, 11) is 0. The molecule has 0 amide bonds. The van der Waals surface area contributed by atoms with Crippen LogP contribution in [0.2, 0.25) is 5.02 Å². The zero-order chi connectivity index (χ0) is 38.8. The molecule has 0 spiro atoms. The van der Waals surface area contributed by atoms with Crippen molar-refractivity contribution in [1.29, 1.82) is 0 Å². The number of halogens is 1. The molecule has 0 N–H and O–H groups in total. The Hall–Kier alpha value is -4.31. The molecule has 0 aliphatic rings. The molecule has 296 valence electrons. The van der Waals surface area contributed by atoms with Gasteiger partial charge < -0.3 is 33.3 Å². The van der Waals surface area contributed by atoms with Crippen molar-refractivity contribution in [2.24, 2.45) is 0 Å². The molecule has 9 nitrogen and oxygen atoms in total. The number of hydrogen-bond acceptors (Lipinski definition) is 8. The lowest BCUT2D eigenvalue weighted by Gasteiger charge is -2.18. The topological polar surface area (TPSA) is 74.1 Å². The number of unbranched alkanes of at least 4 members (excludes halogenated alkanes) is 1. The molecule has 0 radical (unpaired) electrons. The van der Waals surface area contributed by atoms with Gasteiger partial charge in [-0.3, -0.25) is 4.98 Å². The van der Waals surface area contributed by atoms with Gasteiger partial charge in [0.25, 0.3) is 0 Å². The van der Waals surface area contributed by atoms with E-state index in [0.29, 0.717) is 32.2 Å². The maximum Gasteiger partial charge on any atom is 0.150 e. The molecule has 10 heteroatoms. The van der Waals surface area contributed by atoms with Gasteiger partial charge in [-0.2, -0.15) is 0 Å². The minimum Gasteiger partial charge on any atom is -0.493 e. The van der Waals surface area contributed by atoms with Crippen LogP contribution >= 0.6 is 11.6 Å². The zero-order valence-electron chi connectivity index (χ0n) is 33.6. The van der Waals surface area contributed by atoms with E-state index in [0.717, 1.165) is 134 Å². The maximum absolute atomic E-state index is 6.57. The molecule has 0 saturated heterocycles. The van der Waals surface area contributed by atoms with Crippen molar-refractivity contribution in [2.45, 2.75) is 79.9 Å². The van der Waals surface area contributed by atoms with Crippen molar-refractivity contribution in [3.8, 4) is 34.4 Å². The number of hydrogen-bond donors (Lipinski definition) is 0. The van der Waals surface area contributed by atoms with E-state index >= 15 is 0 Å². The molecule has 3 aromatic carbocycles. The lowest BCUT2D eigenvalue weighted by atomic mass is 10.1. The number of nitrogens with zero attached hydrogens (tertiary/aromatic N) is 5. The summed E-state index contributed by atoms with van der Waals surface area (Å²) in [6.45, 7) is 20.0. The fourth-order valence-corrected chi connectivity index (χ4v) is 6.73. The van der Waals surface area contributed by atoms with Gasteiger partial charge in [-0.25, -0.2) is 4.98 Å². The van der Waals surface area contributed by atoms with E-state index in [-0.39, 0.29) is 0 Å². The Morgan fingerprint density at radius 2 is 1.36 bits per heavy atom. The first-order valence-corrected chi connectivity index (χ1v) is 20.6. The van der Waals surface area contributed by atoms with Crippen LogP contribution in [0.25, 0.3) is 22.4 Å². The average Bonchev–Trinajstić information content (AvgIpc) is 3.58. The Bertz CT molecular complexity index is 1860. The second kappa shape index (κ2) is 22.3. The number of pyridine rings is 1. The first kappa shape index (κ1) is 41.8. The first-order chi connectivity index (χ1) is 27.0. The van der Waals surface area contributed by atoms with E-state index in [1.54, 1.807) is 6.20 Å². The number of benzene rings is 3. The van der Waals surface area contributed by atoms with Gasteiger partial charge in [-0.05, 0) is 87.4 Å². The van der Waals surface area contributed by atoms with Crippen LogP contribution < -0.4 is 18.9 Å². The molecular formula is C45H60ClN5O4. The maximum atomic E-state index is 6.57. The molecule has 5 aromatic rings. The summed E-state index contributed by atoms with van der Waals surface area (Å²) in [6, 6.07) is 23.9. The second-order valence-electron chi connectivity index (χ2n) is 13.7. The smallest absolute Gasteiger partial charge is 0.150 e. The van der Waals surface area contributed by atoms with E-state index in [9.17, 15) is 0 Å². The molecule has 5 rings (SSSR count). The molecular weight excluding hydrogens is 710 g/mol. The van der Waals surface area contributed by atoms with Crippen LogP contribution in [0.1, 0.15) is 71.6 Å². The van der Waals surface area contributed by atoms with Crippen LogP contribution in [0.15, 0.2) is 79.0 Å². The van der Waals surface area contributed by atoms with Gasteiger partial charge in [-0.1, -0.05) is 70.8 Å². The minimum absolute atomic E-state index is 0.309. The predicted octanol–water partition coefficient (Wildman–Crippen LogP) is 9.97. The Morgan fingerprint density at radius 3 is 2.04 bits per heavy atom. The summed E-state index contributed by atoms with van der Waals surface area (Å²) in [5.74, 6) is 3.76. The summed E-state index contributed by atoms with van der Waals surface area (Å²) < 4.78 is 28.1. The molecule has 2 heterocycles.